The molecule has 0 radical (unpaired) electrons. The summed E-state index contributed by atoms with van der Waals surface area (Å²) in [7, 11) is 4.21. The standard InChI is InChI=1S/C13H27N3O/c1-6-13(17)15-9-11(2)16(12(3)10-15)8-7-14(4)5/h11-12H,6-10H2,1-5H3. The molecule has 0 aromatic rings. The molecule has 2 unspecified atom stereocenters. The topological polar surface area (TPSA) is 26.8 Å². The average Bonchev–Trinajstić information content (AvgIpc) is 2.26. The lowest BCUT2D eigenvalue weighted by molar-refractivity contribution is -0.135. The number of rotatable bonds is 4. The minimum absolute atomic E-state index is 0.288. The molecule has 4 nitrogen and oxygen atoms in total. The highest BCUT2D eigenvalue weighted by Gasteiger charge is 2.30. The summed E-state index contributed by atoms with van der Waals surface area (Å²) in [6.45, 7) is 10.3. The molecule has 1 saturated heterocycles. The average molecular weight is 241 g/mol. The van der Waals surface area contributed by atoms with E-state index >= 15 is 0 Å². The van der Waals surface area contributed by atoms with Gasteiger partial charge in [-0.2, -0.15) is 0 Å². The van der Waals surface area contributed by atoms with Crippen LogP contribution < -0.4 is 0 Å². The van der Waals surface area contributed by atoms with Crippen molar-refractivity contribution in [3.8, 4) is 0 Å². The van der Waals surface area contributed by atoms with E-state index in [1.807, 2.05) is 11.8 Å². The summed E-state index contributed by atoms with van der Waals surface area (Å²) >= 11 is 0. The zero-order chi connectivity index (χ0) is 13.0. The molecule has 0 aromatic heterocycles. The van der Waals surface area contributed by atoms with Crippen molar-refractivity contribution in [2.45, 2.75) is 39.3 Å². The second kappa shape index (κ2) is 6.36. The molecule has 1 aliphatic heterocycles. The van der Waals surface area contributed by atoms with E-state index in [0.717, 1.165) is 26.2 Å². The van der Waals surface area contributed by atoms with E-state index in [0.29, 0.717) is 18.5 Å². The van der Waals surface area contributed by atoms with Gasteiger partial charge in [-0.1, -0.05) is 6.92 Å². The van der Waals surface area contributed by atoms with Crippen LogP contribution in [0.5, 0.6) is 0 Å². The van der Waals surface area contributed by atoms with Gasteiger partial charge in [-0.15, -0.1) is 0 Å². The van der Waals surface area contributed by atoms with Gasteiger partial charge in [0.1, 0.15) is 0 Å². The number of likely N-dealkylation sites (N-methyl/N-ethyl adjacent to an activating group) is 1. The number of piperazine rings is 1. The molecular weight excluding hydrogens is 214 g/mol. The van der Waals surface area contributed by atoms with Gasteiger partial charge in [-0.05, 0) is 27.9 Å². The fraction of sp³-hybridized carbons (Fsp3) is 0.923. The van der Waals surface area contributed by atoms with Crippen molar-refractivity contribution in [3.63, 3.8) is 0 Å². The van der Waals surface area contributed by atoms with Crippen LogP contribution in [-0.4, -0.2) is 73.0 Å². The molecule has 4 heteroatoms. The van der Waals surface area contributed by atoms with Crippen LogP contribution in [0.1, 0.15) is 27.2 Å². The van der Waals surface area contributed by atoms with Crippen LogP contribution in [0.4, 0.5) is 0 Å². The number of hydrogen-bond donors (Lipinski definition) is 0. The van der Waals surface area contributed by atoms with Gasteiger partial charge in [0.2, 0.25) is 5.91 Å². The second-order valence-electron chi connectivity index (χ2n) is 5.39. The SMILES string of the molecule is CCC(=O)N1CC(C)N(CCN(C)C)C(C)C1. The summed E-state index contributed by atoms with van der Waals surface area (Å²) in [4.78, 5) is 18.5. The molecule has 100 valence electrons. The minimum Gasteiger partial charge on any atom is -0.340 e. The van der Waals surface area contributed by atoms with Crippen molar-refractivity contribution in [2.75, 3.05) is 40.3 Å². The van der Waals surface area contributed by atoms with Gasteiger partial charge in [0.15, 0.2) is 0 Å². The van der Waals surface area contributed by atoms with Crippen LogP contribution in [0, 0.1) is 0 Å². The Bertz CT molecular complexity index is 243. The van der Waals surface area contributed by atoms with Gasteiger partial charge in [0.25, 0.3) is 0 Å². The van der Waals surface area contributed by atoms with Crippen LogP contribution in [0.25, 0.3) is 0 Å². The van der Waals surface area contributed by atoms with E-state index in [-0.39, 0.29) is 5.91 Å². The Morgan fingerprint density at radius 2 is 1.76 bits per heavy atom. The van der Waals surface area contributed by atoms with E-state index < -0.39 is 0 Å². The molecule has 0 aliphatic carbocycles. The van der Waals surface area contributed by atoms with Gasteiger partial charge in [0, 0.05) is 44.7 Å². The maximum absolute atomic E-state index is 11.7. The third kappa shape index (κ3) is 3.96. The molecule has 1 fully saturated rings. The van der Waals surface area contributed by atoms with Crippen molar-refractivity contribution in [3.05, 3.63) is 0 Å². The quantitative estimate of drug-likeness (QED) is 0.731. The van der Waals surface area contributed by atoms with Gasteiger partial charge in [0.05, 0.1) is 0 Å². The highest BCUT2D eigenvalue weighted by molar-refractivity contribution is 5.76. The summed E-state index contributed by atoms with van der Waals surface area (Å²) in [5, 5.41) is 0. The van der Waals surface area contributed by atoms with Crippen LogP contribution in [0.15, 0.2) is 0 Å². The van der Waals surface area contributed by atoms with Gasteiger partial charge >= 0.3 is 0 Å². The number of nitrogens with zero attached hydrogens (tertiary/aromatic N) is 3. The molecule has 1 amide bonds. The molecule has 0 spiro atoms. The summed E-state index contributed by atoms with van der Waals surface area (Å²) in [5.41, 5.74) is 0. The highest BCUT2D eigenvalue weighted by Crippen LogP contribution is 2.16. The fourth-order valence-corrected chi connectivity index (χ4v) is 2.54. The molecule has 0 N–H and O–H groups in total. The van der Waals surface area contributed by atoms with E-state index in [1.54, 1.807) is 0 Å². The first-order valence-electron chi connectivity index (χ1n) is 6.64. The molecule has 1 aliphatic rings. The Labute approximate surface area is 106 Å². The van der Waals surface area contributed by atoms with Crippen molar-refractivity contribution >= 4 is 5.91 Å². The number of hydrogen-bond acceptors (Lipinski definition) is 3. The van der Waals surface area contributed by atoms with Gasteiger partial charge < -0.3 is 9.80 Å². The Balaban J connectivity index is 2.53. The third-order valence-corrected chi connectivity index (χ3v) is 3.56. The summed E-state index contributed by atoms with van der Waals surface area (Å²) in [6, 6.07) is 0.934. The van der Waals surface area contributed by atoms with Crippen molar-refractivity contribution in [1.29, 1.82) is 0 Å². The van der Waals surface area contributed by atoms with E-state index in [2.05, 4.69) is 37.7 Å². The van der Waals surface area contributed by atoms with Crippen molar-refractivity contribution in [2.24, 2.45) is 0 Å². The van der Waals surface area contributed by atoms with Crippen LogP contribution in [0.3, 0.4) is 0 Å². The predicted molar refractivity (Wildman–Crippen MR) is 71.1 cm³/mol. The lowest BCUT2D eigenvalue weighted by atomic mass is 10.1. The van der Waals surface area contributed by atoms with Crippen LogP contribution >= 0.6 is 0 Å². The maximum atomic E-state index is 11.7. The first-order valence-corrected chi connectivity index (χ1v) is 6.64. The number of amides is 1. The molecular formula is C13H27N3O. The molecule has 2 atom stereocenters. The monoisotopic (exact) mass is 241 g/mol. The first-order chi connectivity index (χ1) is 7.95. The van der Waals surface area contributed by atoms with E-state index in [9.17, 15) is 4.79 Å². The third-order valence-electron chi connectivity index (χ3n) is 3.56. The number of carbonyl (C=O) groups is 1. The highest BCUT2D eigenvalue weighted by atomic mass is 16.2. The summed E-state index contributed by atoms with van der Waals surface area (Å²) in [5.74, 6) is 0.288. The summed E-state index contributed by atoms with van der Waals surface area (Å²) in [6.07, 6.45) is 0.622. The van der Waals surface area contributed by atoms with E-state index in [1.165, 1.54) is 0 Å². The van der Waals surface area contributed by atoms with Gasteiger partial charge in [-0.3, -0.25) is 9.69 Å². The van der Waals surface area contributed by atoms with Crippen molar-refractivity contribution < 1.29 is 4.79 Å². The molecule has 0 aromatic carbocycles. The van der Waals surface area contributed by atoms with Crippen LogP contribution in [0.2, 0.25) is 0 Å². The van der Waals surface area contributed by atoms with Crippen molar-refractivity contribution in [1.82, 2.24) is 14.7 Å². The number of carbonyl (C=O) groups excluding carboxylic acids is 1. The lowest BCUT2D eigenvalue weighted by Crippen LogP contribution is -2.58. The summed E-state index contributed by atoms with van der Waals surface area (Å²) < 4.78 is 0. The first kappa shape index (κ1) is 14.5. The Kier molecular flexibility index (Phi) is 5.40. The Morgan fingerprint density at radius 3 is 2.18 bits per heavy atom. The minimum atomic E-state index is 0.288. The smallest absolute Gasteiger partial charge is 0.222 e. The molecule has 17 heavy (non-hydrogen) atoms. The zero-order valence-electron chi connectivity index (χ0n) is 11.9. The predicted octanol–water partition coefficient (Wildman–Crippen LogP) is 0.879. The zero-order valence-corrected chi connectivity index (χ0v) is 11.9. The Morgan fingerprint density at radius 1 is 1.24 bits per heavy atom. The molecule has 1 rings (SSSR count). The molecule has 0 bridgehead atoms. The second-order valence-corrected chi connectivity index (χ2v) is 5.39. The fourth-order valence-electron chi connectivity index (χ4n) is 2.54. The maximum Gasteiger partial charge on any atom is 0.222 e. The molecule has 0 saturated carbocycles. The lowest BCUT2D eigenvalue weighted by Gasteiger charge is -2.44. The Hall–Kier alpha value is -0.610. The van der Waals surface area contributed by atoms with E-state index in [4.69, 9.17) is 0 Å². The largest absolute Gasteiger partial charge is 0.340 e. The normalized spacial score (nSPS) is 26.6. The van der Waals surface area contributed by atoms with Gasteiger partial charge in [-0.25, -0.2) is 0 Å². The molecule has 1 heterocycles. The van der Waals surface area contributed by atoms with Crippen LogP contribution in [-0.2, 0) is 4.79 Å².